The minimum atomic E-state index is -0.608. The molecule has 2 aliphatic heterocycles. The molecule has 4 saturated carbocycles. The van der Waals surface area contributed by atoms with Gasteiger partial charge in [0, 0.05) is 42.5 Å². The SMILES string of the molecule is Nc1nnc(-c2ccccc2O)cc1N1CCC2CC3(c4ncc(C5CCN(C6CC7(CC(C(=O)O)C7)C6)CC5)cn4)CC(CC23)C1. The monoisotopic (exact) mass is 635 g/mol. The second-order valence-corrected chi connectivity index (χ2v) is 15.9. The van der Waals surface area contributed by atoms with Crippen molar-refractivity contribution < 1.29 is 15.0 Å². The number of piperidine rings is 1. The lowest BCUT2D eigenvalue weighted by molar-refractivity contribution is -0.160. The molecular formula is C37H45N7O3. The van der Waals surface area contributed by atoms with Gasteiger partial charge in [0.05, 0.1) is 17.3 Å². The van der Waals surface area contributed by atoms with Crippen LogP contribution in [0.4, 0.5) is 11.5 Å². The number of aliphatic carboxylic acids is 1. The molecule has 0 radical (unpaired) electrons. The summed E-state index contributed by atoms with van der Waals surface area (Å²) < 4.78 is 0. The van der Waals surface area contributed by atoms with Gasteiger partial charge in [-0.3, -0.25) is 4.79 Å². The summed E-state index contributed by atoms with van der Waals surface area (Å²) in [6, 6.07) is 9.87. The summed E-state index contributed by atoms with van der Waals surface area (Å²) >= 11 is 0. The zero-order valence-corrected chi connectivity index (χ0v) is 27.0. The highest BCUT2D eigenvalue weighted by molar-refractivity contribution is 5.74. The summed E-state index contributed by atoms with van der Waals surface area (Å²) in [5.41, 5.74) is 10.3. The summed E-state index contributed by atoms with van der Waals surface area (Å²) in [5, 5.41) is 28.3. The predicted molar refractivity (Wildman–Crippen MR) is 178 cm³/mol. The van der Waals surface area contributed by atoms with Gasteiger partial charge in [0.2, 0.25) is 0 Å². The topological polar surface area (TPSA) is 142 Å². The van der Waals surface area contributed by atoms with Crippen LogP contribution < -0.4 is 10.6 Å². The Labute approximate surface area is 275 Å². The van der Waals surface area contributed by atoms with Crippen LogP contribution in [0.3, 0.4) is 0 Å². The van der Waals surface area contributed by atoms with E-state index in [1.165, 1.54) is 31.2 Å². The number of rotatable bonds is 6. The molecule has 6 aliphatic rings. The van der Waals surface area contributed by atoms with Crippen LogP contribution in [0.2, 0.25) is 0 Å². The van der Waals surface area contributed by atoms with Crippen LogP contribution in [0.25, 0.3) is 11.3 Å². The first-order chi connectivity index (χ1) is 22.8. The maximum absolute atomic E-state index is 11.2. The van der Waals surface area contributed by atoms with Gasteiger partial charge in [-0.2, -0.15) is 0 Å². The molecule has 4 heterocycles. The van der Waals surface area contributed by atoms with Crippen molar-refractivity contribution in [1.29, 1.82) is 0 Å². The van der Waals surface area contributed by atoms with Gasteiger partial charge in [-0.05, 0) is 130 Å². The van der Waals surface area contributed by atoms with Crippen molar-refractivity contribution >= 4 is 17.5 Å². The Hall–Kier alpha value is -3.79. The van der Waals surface area contributed by atoms with Crippen LogP contribution in [-0.2, 0) is 10.2 Å². The average Bonchev–Trinajstić information content (AvgIpc) is 3.38. The molecule has 2 aromatic heterocycles. The summed E-state index contributed by atoms with van der Waals surface area (Å²) in [6.07, 6.45) is 15.3. The number of nitrogens with two attached hydrogens (primary N) is 1. The first-order valence-corrected chi connectivity index (χ1v) is 17.7. The highest BCUT2D eigenvalue weighted by atomic mass is 16.4. The maximum Gasteiger partial charge on any atom is 0.306 e. The number of hydrogen-bond acceptors (Lipinski definition) is 9. The number of phenolic OH excluding ortho intramolecular Hbond substituents is 1. The van der Waals surface area contributed by atoms with Crippen LogP contribution in [0.5, 0.6) is 5.75 Å². The van der Waals surface area contributed by atoms with Gasteiger partial charge < -0.3 is 25.7 Å². The van der Waals surface area contributed by atoms with Gasteiger partial charge in [0.25, 0.3) is 0 Å². The van der Waals surface area contributed by atoms with Gasteiger partial charge >= 0.3 is 5.97 Å². The lowest BCUT2D eigenvalue weighted by atomic mass is 9.49. The molecule has 3 aromatic rings. The van der Waals surface area contributed by atoms with E-state index in [1.54, 1.807) is 6.07 Å². The summed E-state index contributed by atoms with van der Waals surface area (Å²) in [6.45, 7) is 4.10. The number of nitrogens with zero attached hydrogens (tertiary/aromatic N) is 6. The Bertz CT molecular complexity index is 1680. The highest BCUT2D eigenvalue weighted by Crippen LogP contribution is 2.64. The fourth-order valence-corrected chi connectivity index (χ4v) is 11.0. The third kappa shape index (κ3) is 4.80. The predicted octanol–water partition coefficient (Wildman–Crippen LogP) is 5.24. The van der Waals surface area contributed by atoms with Crippen molar-refractivity contribution in [1.82, 2.24) is 25.1 Å². The first kappa shape index (κ1) is 29.4. The van der Waals surface area contributed by atoms with E-state index in [2.05, 4.69) is 32.4 Å². The van der Waals surface area contributed by atoms with Gasteiger partial charge in [-0.25, -0.2) is 9.97 Å². The molecule has 0 amide bonds. The lowest BCUT2D eigenvalue weighted by Crippen LogP contribution is -2.58. The molecule has 4 atom stereocenters. The molecule has 2 bridgehead atoms. The molecule has 246 valence electrons. The van der Waals surface area contributed by atoms with Crippen molar-refractivity contribution in [2.75, 3.05) is 36.8 Å². The van der Waals surface area contributed by atoms with Gasteiger partial charge in [0.15, 0.2) is 5.82 Å². The van der Waals surface area contributed by atoms with E-state index in [4.69, 9.17) is 15.7 Å². The fourth-order valence-electron chi connectivity index (χ4n) is 11.0. The highest BCUT2D eigenvalue weighted by Gasteiger charge is 2.62. The number of para-hydroxylation sites is 1. The molecule has 4 N–H and O–H groups in total. The van der Waals surface area contributed by atoms with E-state index in [-0.39, 0.29) is 17.1 Å². The number of aromatic hydroxyl groups is 1. The normalized spacial score (nSPS) is 35.0. The van der Waals surface area contributed by atoms with Crippen molar-refractivity contribution in [3.63, 3.8) is 0 Å². The van der Waals surface area contributed by atoms with Crippen molar-refractivity contribution in [3.05, 3.63) is 54.1 Å². The van der Waals surface area contributed by atoms with E-state index in [1.807, 2.05) is 24.3 Å². The minimum Gasteiger partial charge on any atom is -0.507 e. The third-order valence-corrected chi connectivity index (χ3v) is 13.4. The van der Waals surface area contributed by atoms with E-state index in [0.29, 0.717) is 52.2 Å². The third-order valence-electron chi connectivity index (χ3n) is 13.4. The van der Waals surface area contributed by atoms with E-state index >= 15 is 0 Å². The molecule has 47 heavy (non-hydrogen) atoms. The minimum absolute atomic E-state index is 0.0949. The molecule has 9 rings (SSSR count). The molecule has 1 spiro atoms. The van der Waals surface area contributed by atoms with Crippen molar-refractivity contribution in [2.45, 2.75) is 81.6 Å². The molecule has 4 unspecified atom stereocenters. The molecule has 10 nitrogen and oxygen atoms in total. The van der Waals surface area contributed by atoms with Gasteiger partial charge in [-0.1, -0.05) is 12.1 Å². The second kappa shape index (κ2) is 10.9. The number of carboxylic acid groups (broad SMARTS) is 1. The standard InChI is InChI=1S/C37H45N7O3/c38-33-31(12-30(41-42-33)28-3-1-2-4-32(28)45)44-10-7-24-16-37(13-22(21-44)11-29(24)37)35-39-19-26(20-40-35)23-5-8-43(9-6-23)27-17-36(18-27)14-25(15-36)34(46)47/h1-4,12,19-20,22-25,27,29,45H,5-11,13-18,21H2,(H2,38,42)(H,46,47). The Morgan fingerprint density at radius 2 is 1.70 bits per heavy atom. The van der Waals surface area contributed by atoms with Gasteiger partial charge in [0.1, 0.15) is 11.6 Å². The zero-order chi connectivity index (χ0) is 31.9. The van der Waals surface area contributed by atoms with Crippen LogP contribution in [0, 0.1) is 29.1 Å². The quantitative estimate of drug-likeness (QED) is 0.329. The van der Waals surface area contributed by atoms with E-state index in [0.717, 1.165) is 76.2 Å². The van der Waals surface area contributed by atoms with Crippen LogP contribution in [0.15, 0.2) is 42.7 Å². The summed E-state index contributed by atoms with van der Waals surface area (Å²) in [4.78, 5) is 26.5. The van der Waals surface area contributed by atoms with Crippen LogP contribution >= 0.6 is 0 Å². The Kier molecular flexibility index (Phi) is 6.79. The average molecular weight is 636 g/mol. The van der Waals surface area contributed by atoms with E-state index in [9.17, 15) is 15.0 Å². The van der Waals surface area contributed by atoms with Crippen LogP contribution in [-0.4, -0.2) is 73.5 Å². The summed E-state index contributed by atoms with van der Waals surface area (Å²) in [5.74, 6) is 3.37. The van der Waals surface area contributed by atoms with Crippen molar-refractivity contribution in [2.24, 2.45) is 29.1 Å². The maximum atomic E-state index is 11.2. The Morgan fingerprint density at radius 3 is 2.45 bits per heavy atom. The number of anilines is 2. The number of likely N-dealkylation sites (tertiary alicyclic amines) is 1. The van der Waals surface area contributed by atoms with Crippen LogP contribution in [0.1, 0.15) is 81.5 Å². The number of aromatic nitrogens is 4. The zero-order valence-electron chi connectivity index (χ0n) is 27.0. The number of benzene rings is 1. The first-order valence-electron chi connectivity index (χ1n) is 17.7. The Balaban J connectivity index is 0.840. The lowest BCUT2D eigenvalue weighted by Gasteiger charge is -2.59. The van der Waals surface area contributed by atoms with Gasteiger partial charge in [-0.15, -0.1) is 10.2 Å². The number of phenols is 1. The molecule has 1 aromatic carbocycles. The van der Waals surface area contributed by atoms with Crippen molar-refractivity contribution in [3.8, 4) is 17.0 Å². The smallest absolute Gasteiger partial charge is 0.306 e. The molecular weight excluding hydrogens is 590 g/mol. The number of carboxylic acids is 1. The fraction of sp³-hybridized carbons (Fsp3) is 0.595. The number of nitrogen functional groups attached to an aromatic ring is 1. The Morgan fingerprint density at radius 1 is 0.936 bits per heavy atom. The molecule has 10 heteroatoms. The number of fused-ring (bicyclic) bond motifs is 1. The molecule has 4 aliphatic carbocycles. The largest absolute Gasteiger partial charge is 0.507 e. The second-order valence-electron chi connectivity index (χ2n) is 15.9. The number of carbonyl (C=O) groups is 1. The number of hydrogen-bond donors (Lipinski definition) is 3. The molecule has 2 saturated heterocycles. The van der Waals surface area contributed by atoms with E-state index < -0.39 is 5.97 Å². The molecule has 6 fully saturated rings. The summed E-state index contributed by atoms with van der Waals surface area (Å²) in [7, 11) is 0.